The van der Waals surface area contributed by atoms with Gasteiger partial charge in [0, 0.05) is 11.6 Å². The van der Waals surface area contributed by atoms with Gasteiger partial charge in [0.2, 0.25) is 0 Å². The highest BCUT2D eigenvalue weighted by Gasteiger charge is 2.23. The molecular formula is C21H29N2O+. The third kappa shape index (κ3) is 4.35. The van der Waals surface area contributed by atoms with Gasteiger partial charge in [0.1, 0.15) is 6.54 Å². The summed E-state index contributed by atoms with van der Waals surface area (Å²) < 4.78 is 0. The van der Waals surface area contributed by atoms with E-state index in [9.17, 15) is 4.79 Å². The molecule has 3 atom stereocenters. The van der Waals surface area contributed by atoms with Crippen LogP contribution in [0.4, 0.5) is 0 Å². The van der Waals surface area contributed by atoms with Crippen molar-refractivity contribution in [3.05, 3.63) is 48.0 Å². The van der Waals surface area contributed by atoms with Crippen molar-refractivity contribution in [3.63, 3.8) is 0 Å². The standard InChI is InChI=1S/C21H28N2O/c1-16-7-3-6-10-20(16)22-21(24)15-23(2)14-17-11-12-18-8-4-5-9-19(18)13-17/h4-5,8-9,11-13,16,20H,3,6-7,10,14-15H2,1-2H3,(H,22,24)/p+1/t16-,20-/m0/s1. The third-order valence-corrected chi connectivity index (χ3v) is 5.24. The Balaban J connectivity index is 1.54. The summed E-state index contributed by atoms with van der Waals surface area (Å²) in [5.41, 5.74) is 1.28. The number of amides is 1. The van der Waals surface area contributed by atoms with Crippen LogP contribution in [0.25, 0.3) is 10.8 Å². The Morgan fingerprint density at radius 2 is 1.88 bits per heavy atom. The predicted molar refractivity (Wildman–Crippen MR) is 99.0 cm³/mol. The predicted octanol–water partition coefficient (Wildman–Crippen LogP) is 2.55. The molecule has 2 N–H and O–H groups in total. The van der Waals surface area contributed by atoms with E-state index < -0.39 is 0 Å². The van der Waals surface area contributed by atoms with Crippen molar-refractivity contribution in [1.29, 1.82) is 0 Å². The summed E-state index contributed by atoms with van der Waals surface area (Å²) in [5, 5.41) is 5.79. The number of benzene rings is 2. The van der Waals surface area contributed by atoms with Crippen molar-refractivity contribution < 1.29 is 9.69 Å². The molecule has 2 aromatic carbocycles. The minimum Gasteiger partial charge on any atom is -0.348 e. The lowest BCUT2D eigenvalue weighted by molar-refractivity contribution is -0.885. The van der Waals surface area contributed by atoms with Crippen LogP contribution in [0.3, 0.4) is 0 Å². The largest absolute Gasteiger partial charge is 0.348 e. The maximum atomic E-state index is 12.3. The van der Waals surface area contributed by atoms with Gasteiger partial charge in [-0.05, 0) is 35.6 Å². The molecule has 0 aliphatic heterocycles. The minimum absolute atomic E-state index is 0.187. The quantitative estimate of drug-likeness (QED) is 0.870. The van der Waals surface area contributed by atoms with Crippen molar-refractivity contribution in [3.8, 4) is 0 Å². The first-order chi connectivity index (χ1) is 11.6. The number of fused-ring (bicyclic) bond motifs is 1. The first-order valence-electron chi connectivity index (χ1n) is 9.20. The van der Waals surface area contributed by atoms with Gasteiger partial charge < -0.3 is 10.2 Å². The van der Waals surface area contributed by atoms with Gasteiger partial charge in [-0.2, -0.15) is 0 Å². The monoisotopic (exact) mass is 325 g/mol. The molecule has 1 aliphatic rings. The van der Waals surface area contributed by atoms with E-state index in [0.717, 1.165) is 13.0 Å². The van der Waals surface area contributed by atoms with E-state index in [1.54, 1.807) is 0 Å². The van der Waals surface area contributed by atoms with Crippen molar-refractivity contribution >= 4 is 16.7 Å². The van der Waals surface area contributed by atoms with Crippen molar-refractivity contribution in [1.82, 2.24) is 5.32 Å². The first-order valence-corrected chi connectivity index (χ1v) is 9.20. The first kappa shape index (κ1) is 17.0. The second-order valence-corrected chi connectivity index (χ2v) is 7.43. The summed E-state index contributed by atoms with van der Waals surface area (Å²) >= 11 is 0. The Morgan fingerprint density at radius 1 is 1.12 bits per heavy atom. The van der Waals surface area contributed by atoms with Crippen LogP contribution in [-0.2, 0) is 11.3 Å². The highest BCUT2D eigenvalue weighted by molar-refractivity contribution is 5.83. The molecule has 1 unspecified atom stereocenters. The number of carbonyl (C=O) groups is 1. The Kier molecular flexibility index (Phi) is 5.52. The number of nitrogens with one attached hydrogen (secondary N) is 2. The van der Waals surface area contributed by atoms with Gasteiger partial charge in [-0.1, -0.05) is 56.2 Å². The molecule has 1 fully saturated rings. The molecule has 128 valence electrons. The zero-order valence-corrected chi connectivity index (χ0v) is 14.8. The number of likely N-dealkylation sites (N-methyl/N-ethyl adjacent to an activating group) is 1. The van der Waals surface area contributed by atoms with E-state index in [1.807, 2.05) is 0 Å². The highest BCUT2D eigenvalue weighted by Crippen LogP contribution is 2.23. The highest BCUT2D eigenvalue weighted by atomic mass is 16.2. The molecular weight excluding hydrogens is 296 g/mol. The van der Waals surface area contributed by atoms with Crippen LogP contribution in [0.5, 0.6) is 0 Å². The average Bonchev–Trinajstić information content (AvgIpc) is 2.56. The third-order valence-electron chi connectivity index (χ3n) is 5.24. The lowest BCUT2D eigenvalue weighted by Gasteiger charge is -2.29. The van der Waals surface area contributed by atoms with Gasteiger partial charge in [0.05, 0.1) is 7.05 Å². The zero-order valence-electron chi connectivity index (χ0n) is 14.8. The Bertz CT molecular complexity index is 697. The maximum Gasteiger partial charge on any atom is 0.275 e. The van der Waals surface area contributed by atoms with E-state index in [4.69, 9.17) is 0 Å². The summed E-state index contributed by atoms with van der Waals surface area (Å²) in [6.45, 7) is 3.67. The molecule has 0 radical (unpaired) electrons. The second-order valence-electron chi connectivity index (χ2n) is 7.43. The van der Waals surface area contributed by atoms with Crippen LogP contribution in [0.2, 0.25) is 0 Å². The van der Waals surface area contributed by atoms with Gasteiger partial charge in [-0.15, -0.1) is 0 Å². The molecule has 1 amide bonds. The van der Waals surface area contributed by atoms with Gasteiger partial charge >= 0.3 is 0 Å². The summed E-state index contributed by atoms with van der Waals surface area (Å²) in [6, 6.07) is 15.4. The van der Waals surface area contributed by atoms with Crippen molar-refractivity contribution in [2.45, 2.75) is 45.2 Å². The fourth-order valence-corrected chi connectivity index (χ4v) is 3.82. The number of hydrogen-bond donors (Lipinski definition) is 2. The van der Waals surface area contributed by atoms with Crippen LogP contribution in [0.1, 0.15) is 38.2 Å². The van der Waals surface area contributed by atoms with Crippen LogP contribution in [0.15, 0.2) is 42.5 Å². The Hall–Kier alpha value is -1.87. The lowest BCUT2D eigenvalue weighted by atomic mass is 9.86. The molecule has 3 rings (SSSR count). The molecule has 3 heteroatoms. The smallest absolute Gasteiger partial charge is 0.275 e. The van der Waals surface area contributed by atoms with Crippen LogP contribution in [-0.4, -0.2) is 25.5 Å². The van der Waals surface area contributed by atoms with E-state index in [1.165, 1.54) is 40.5 Å². The SMILES string of the molecule is C[C@H]1CCCC[C@@H]1NC(=O)C[NH+](C)Cc1ccc2ccccc2c1. The molecule has 0 bridgehead atoms. The van der Waals surface area contributed by atoms with Gasteiger partial charge in [0.15, 0.2) is 6.54 Å². The van der Waals surface area contributed by atoms with E-state index in [2.05, 4.69) is 61.8 Å². The topological polar surface area (TPSA) is 33.5 Å². The molecule has 0 saturated heterocycles. The van der Waals surface area contributed by atoms with E-state index in [-0.39, 0.29) is 5.91 Å². The van der Waals surface area contributed by atoms with Gasteiger partial charge in [-0.25, -0.2) is 0 Å². The zero-order chi connectivity index (χ0) is 16.9. The van der Waals surface area contributed by atoms with E-state index >= 15 is 0 Å². The van der Waals surface area contributed by atoms with Crippen LogP contribution in [0, 0.1) is 5.92 Å². The van der Waals surface area contributed by atoms with Gasteiger partial charge in [-0.3, -0.25) is 4.79 Å². The molecule has 2 aromatic rings. The maximum absolute atomic E-state index is 12.3. The molecule has 24 heavy (non-hydrogen) atoms. The average molecular weight is 325 g/mol. The normalized spacial score (nSPS) is 22.2. The molecule has 0 heterocycles. The molecule has 0 aromatic heterocycles. The second kappa shape index (κ2) is 7.80. The Labute approximate surface area is 145 Å². The van der Waals surface area contributed by atoms with E-state index in [0.29, 0.717) is 18.5 Å². The molecule has 0 spiro atoms. The summed E-state index contributed by atoms with van der Waals surface area (Å²) in [7, 11) is 2.10. The lowest BCUT2D eigenvalue weighted by Crippen LogP contribution is -3.09. The summed E-state index contributed by atoms with van der Waals surface area (Å²) in [5.74, 6) is 0.801. The minimum atomic E-state index is 0.187. The molecule has 1 aliphatic carbocycles. The molecule has 3 nitrogen and oxygen atoms in total. The fraction of sp³-hybridized carbons (Fsp3) is 0.476. The van der Waals surface area contributed by atoms with Crippen LogP contribution >= 0.6 is 0 Å². The Morgan fingerprint density at radius 3 is 2.67 bits per heavy atom. The van der Waals surface area contributed by atoms with Crippen molar-refractivity contribution in [2.24, 2.45) is 5.92 Å². The number of rotatable bonds is 5. The fourth-order valence-electron chi connectivity index (χ4n) is 3.82. The summed E-state index contributed by atoms with van der Waals surface area (Å²) in [6.07, 6.45) is 4.93. The van der Waals surface area contributed by atoms with Crippen molar-refractivity contribution in [2.75, 3.05) is 13.6 Å². The number of quaternary nitrogens is 1. The van der Waals surface area contributed by atoms with Crippen LogP contribution < -0.4 is 10.2 Å². The number of carbonyl (C=O) groups excluding carboxylic acids is 1. The van der Waals surface area contributed by atoms with Gasteiger partial charge in [0.25, 0.3) is 5.91 Å². The molecule has 1 saturated carbocycles. The summed E-state index contributed by atoms with van der Waals surface area (Å²) in [4.78, 5) is 13.6. The number of hydrogen-bond acceptors (Lipinski definition) is 1.